The molecule has 0 radical (unpaired) electrons. The summed E-state index contributed by atoms with van der Waals surface area (Å²) in [5.41, 5.74) is 12.0. The van der Waals surface area contributed by atoms with E-state index in [2.05, 4.69) is 86.6 Å². The zero-order valence-corrected chi connectivity index (χ0v) is 46.6. The standard InChI is InChI=1S/C20H19ClF3N3O.2C20H21F3N4/c1-26-7-6-17-15(10-26)14-8-13(21)3-4-16(14)27(17)11-18(28)12-2-5-19(25-9-12)20(22,23)24;1-13-9-15-16-12-26(2)7-6-17(16)27(18(15)11-24-13)8-5-14-3-4-19(25-10-14)20(21,22)23;1-13-9-15-16-12-26(2)7-6-17(16)27(19(15)25-10-13)8-5-14-3-4-18(24-11-14)20(21,22)23/h2-5,8-9,18,28H,6-7,10-11H2,1H3;2*3-4,9-11H,5-8,12H2,1-2H3. The minimum Gasteiger partial charge on any atom is -0.386 e. The first-order valence-electron chi connectivity index (χ1n) is 26.9. The van der Waals surface area contributed by atoms with Gasteiger partial charge in [-0.2, -0.15) is 39.5 Å². The highest BCUT2D eigenvalue weighted by Gasteiger charge is 2.35. The van der Waals surface area contributed by atoms with Crippen molar-refractivity contribution in [2.45, 2.75) is 110 Å². The molecular weight excluding hydrogens is 1100 g/mol. The summed E-state index contributed by atoms with van der Waals surface area (Å²) in [5, 5.41) is 14.8. The normalized spacial score (nSPS) is 15.7. The fourth-order valence-corrected chi connectivity index (χ4v) is 11.6. The van der Waals surface area contributed by atoms with Crippen LogP contribution < -0.4 is 0 Å². The second-order valence-electron chi connectivity index (χ2n) is 21.6. The molecule has 9 aromatic rings. The van der Waals surface area contributed by atoms with E-state index >= 15 is 0 Å². The lowest BCUT2D eigenvalue weighted by Gasteiger charge is -2.25. The third-order valence-corrected chi connectivity index (χ3v) is 15.8. The Morgan fingerprint density at radius 3 is 1.51 bits per heavy atom. The zero-order chi connectivity index (χ0) is 58.4. The molecule has 1 N–H and O–H groups in total. The lowest BCUT2D eigenvalue weighted by atomic mass is 10.0. The number of hydrogen-bond acceptors (Lipinski definition) is 9. The van der Waals surface area contributed by atoms with Crippen molar-refractivity contribution in [3.05, 3.63) is 182 Å². The van der Waals surface area contributed by atoms with Crippen molar-refractivity contribution in [1.29, 1.82) is 0 Å². The molecule has 432 valence electrons. The summed E-state index contributed by atoms with van der Waals surface area (Å²) in [6, 6.07) is 17.3. The van der Waals surface area contributed by atoms with Gasteiger partial charge >= 0.3 is 18.5 Å². The molecule has 0 bridgehead atoms. The van der Waals surface area contributed by atoms with Gasteiger partial charge in [0.1, 0.15) is 22.7 Å². The van der Waals surface area contributed by atoms with Gasteiger partial charge in [0.15, 0.2) is 0 Å². The Kier molecular flexibility index (Phi) is 16.6. The molecule has 12 rings (SSSR count). The van der Waals surface area contributed by atoms with E-state index in [1.807, 2.05) is 44.4 Å². The number of benzene rings is 1. The highest BCUT2D eigenvalue weighted by Crippen LogP contribution is 2.37. The first-order chi connectivity index (χ1) is 38.9. The predicted molar refractivity (Wildman–Crippen MR) is 296 cm³/mol. The van der Waals surface area contributed by atoms with Gasteiger partial charge in [-0.15, -0.1) is 0 Å². The molecule has 0 aliphatic carbocycles. The molecule has 12 nitrogen and oxygen atoms in total. The number of fused-ring (bicyclic) bond motifs is 9. The number of pyridine rings is 5. The molecular formula is C60H61ClF9N11O. The smallest absolute Gasteiger partial charge is 0.386 e. The molecule has 0 saturated carbocycles. The minimum atomic E-state index is -4.50. The number of aliphatic hydroxyl groups excluding tert-OH is 1. The van der Waals surface area contributed by atoms with Crippen LogP contribution in [0.5, 0.6) is 0 Å². The van der Waals surface area contributed by atoms with E-state index in [0.29, 0.717) is 36.5 Å². The van der Waals surface area contributed by atoms with Gasteiger partial charge in [0.05, 0.1) is 24.4 Å². The van der Waals surface area contributed by atoms with Crippen LogP contribution in [0.15, 0.2) is 97.7 Å². The Hall–Kier alpha value is -6.91. The van der Waals surface area contributed by atoms with Gasteiger partial charge in [0, 0.05) is 151 Å². The number of alkyl halides is 9. The topological polar surface area (TPSA) is 109 Å². The number of rotatable bonds is 9. The summed E-state index contributed by atoms with van der Waals surface area (Å²) in [5.74, 6) is 0. The van der Waals surface area contributed by atoms with Crippen LogP contribution in [0.3, 0.4) is 0 Å². The lowest BCUT2D eigenvalue weighted by Crippen LogP contribution is -2.27. The van der Waals surface area contributed by atoms with Gasteiger partial charge in [-0.05, 0) is 130 Å². The van der Waals surface area contributed by atoms with Gasteiger partial charge in [-0.3, -0.25) is 19.9 Å². The summed E-state index contributed by atoms with van der Waals surface area (Å²) in [7, 11) is 6.29. The van der Waals surface area contributed by atoms with E-state index in [4.69, 9.17) is 11.6 Å². The molecule has 8 aromatic heterocycles. The van der Waals surface area contributed by atoms with Crippen LogP contribution in [-0.2, 0) is 89.9 Å². The molecule has 0 amide bonds. The number of halogens is 10. The number of aliphatic hydroxyl groups is 1. The summed E-state index contributed by atoms with van der Waals surface area (Å²) >= 11 is 6.19. The Morgan fingerprint density at radius 2 is 1.00 bits per heavy atom. The summed E-state index contributed by atoms with van der Waals surface area (Å²) in [4.78, 5) is 26.5. The fraction of sp³-hybridized carbons (Fsp3) is 0.383. The molecule has 1 atom stereocenters. The predicted octanol–water partition coefficient (Wildman–Crippen LogP) is 12.4. The number of aryl methyl sites for hydroxylation is 6. The average Bonchev–Trinajstić information content (AvgIpc) is 3.04. The molecule has 22 heteroatoms. The van der Waals surface area contributed by atoms with Gasteiger partial charge in [-0.1, -0.05) is 29.8 Å². The number of hydrogen-bond donors (Lipinski definition) is 1. The Balaban J connectivity index is 0.000000138. The van der Waals surface area contributed by atoms with Crippen molar-refractivity contribution < 1.29 is 44.6 Å². The van der Waals surface area contributed by atoms with Crippen LogP contribution in [0.4, 0.5) is 39.5 Å². The van der Waals surface area contributed by atoms with Crippen molar-refractivity contribution in [2.24, 2.45) is 0 Å². The van der Waals surface area contributed by atoms with E-state index in [0.717, 1.165) is 133 Å². The largest absolute Gasteiger partial charge is 0.433 e. The number of aromatic nitrogens is 8. The third kappa shape index (κ3) is 12.7. The van der Waals surface area contributed by atoms with Crippen molar-refractivity contribution >= 4 is 44.4 Å². The van der Waals surface area contributed by atoms with Gasteiger partial charge in [0.25, 0.3) is 0 Å². The van der Waals surface area contributed by atoms with Crippen molar-refractivity contribution in [3.63, 3.8) is 0 Å². The van der Waals surface area contributed by atoms with Gasteiger partial charge in [-0.25, -0.2) is 4.98 Å². The third-order valence-electron chi connectivity index (χ3n) is 15.6. The summed E-state index contributed by atoms with van der Waals surface area (Å²) < 4.78 is 121. The van der Waals surface area contributed by atoms with Crippen LogP contribution in [0.1, 0.15) is 84.9 Å². The van der Waals surface area contributed by atoms with Crippen molar-refractivity contribution in [2.75, 3.05) is 40.8 Å². The summed E-state index contributed by atoms with van der Waals surface area (Å²) in [6.45, 7) is 11.1. The maximum atomic E-state index is 12.7. The Bertz CT molecular complexity index is 3580. The molecule has 0 fully saturated rings. The monoisotopic (exact) mass is 1160 g/mol. The maximum Gasteiger partial charge on any atom is 0.433 e. The highest BCUT2D eigenvalue weighted by atomic mass is 35.5. The van der Waals surface area contributed by atoms with Crippen LogP contribution in [0.2, 0.25) is 5.02 Å². The first-order valence-corrected chi connectivity index (χ1v) is 27.3. The Labute approximate surface area is 472 Å². The SMILES string of the molecule is CN1CCc2c(c3cc(Cl)ccc3n2CC(O)c2ccc(C(F)(F)F)nc2)C1.Cc1cc2c3c(n(CCc4ccc(C(F)(F)F)nc4)c2cn1)CCN(C)C3.Cc1cnc2c(c1)c1c(n2CCc2ccc(C(F)(F)F)nc2)CCN(C)C1. The zero-order valence-electron chi connectivity index (χ0n) is 45.9. The highest BCUT2D eigenvalue weighted by molar-refractivity contribution is 6.31. The van der Waals surface area contributed by atoms with Crippen LogP contribution in [-0.4, -0.2) is 99.2 Å². The first kappa shape index (κ1) is 58.3. The molecule has 11 heterocycles. The molecule has 0 saturated heterocycles. The minimum absolute atomic E-state index is 0.240. The quantitative estimate of drug-likeness (QED) is 0.141. The van der Waals surface area contributed by atoms with E-state index < -0.39 is 41.7 Å². The molecule has 0 spiro atoms. The number of likely N-dealkylation sites (N-methyl/N-ethyl adjacent to an activating group) is 3. The number of nitrogens with zero attached hydrogens (tertiary/aromatic N) is 11. The summed E-state index contributed by atoms with van der Waals surface area (Å²) in [6.07, 6.45) is -2.74. The molecule has 1 unspecified atom stereocenters. The molecule has 82 heavy (non-hydrogen) atoms. The van der Waals surface area contributed by atoms with E-state index in [1.54, 1.807) is 0 Å². The second kappa shape index (κ2) is 23.4. The maximum absolute atomic E-state index is 12.7. The average molecular weight is 1160 g/mol. The van der Waals surface area contributed by atoms with E-state index in [1.165, 1.54) is 69.4 Å². The van der Waals surface area contributed by atoms with Crippen molar-refractivity contribution in [1.82, 2.24) is 53.3 Å². The Morgan fingerprint density at radius 1 is 0.512 bits per heavy atom. The van der Waals surface area contributed by atoms with E-state index in [9.17, 15) is 44.6 Å². The fourth-order valence-electron chi connectivity index (χ4n) is 11.4. The van der Waals surface area contributed by atoms with Crippen LogP contribution >= 0.6 is 11.6 Å². The van der Waals surface area contributed by atoms with Crippen LogP contribution in [0.25, 0.3) is 32.8 Å². The molecule has 1 aromatic carbocycles. The van der Waals surface area contributed by atoms with Crippen molar-refractivity contribution in [3.8, 4) is 0 Å². The lowest BCUT2D eigenvalue weighted by molar-refractivity contribution is -0.142. The van der Waals surface area contributed by atoms with Gasteiger partial charge in [0.2, 0.25) is 0 Å². The molecule has 3 aliphatic heterocycles. The second-order valence-corrected chi connectivity index (χ2v) is 22.1. The van der Waals surface area contributed by atoms with E-state index in [-0.39, 0.29) is 6.54 Å². The van der Waals surface area contributed by atoms with Gasteiger partial charge < -0.3 is 33.5 Å². The van der Waals surface area contributed by atoms with Crippen LogP contribution in [0, 0.1) is 13.8 Å². The molecule has 3 aliphatic rings.